The predicted molar refractivity (Wildman–Crippen MR) is 63.7 cm³/mol. The zero-order chi connectivity index (χ0) is 12.0. The Morgan fingerprint density at radius 3 is 2.71 bits per heavy atom. The molecular weight excluding hydrogens is 214 g/mol. The molecule has 1 aromatic carbocycles. The number of nitrogens with zero attached hydrogens (tertiary/aromatic N) is 1. The van der Waals surface area contributed by atoms with Crippen LogP contribution in [0.4, 0.5) is 0 Å². The first-order valence-electron chi connectivity index (χ1n) is 6.09. The number of amides is 1. The van der Waals surface area contributed by atoms with Crippen LogP contribution in [0.15, 0.2) is 24.3 Å². The van der Waals surface area contributed by atoms with Gasteiger partial charge in [-0.1, -0.05) is 18.2 Å². The van der Waals surface area contributed by atoms with Crippen LogP contribution in [0.5, 0.6) is 0 Å². The highest BCUT2D eigenvalue weighted by molar-refractivity contribution is 6.00. The number of ketones is 1. The summed E-state index contributed by atoms with van der Waals surface area (Å²) in [4.78, 5) is 25.6. The molecule has 1 atom stereocenters. The zero-order valence-corrected chi connectivity index (χ0v) is 9.85. The van der Waals surface area contributed by atoms with Crippen molar-refractivity contribution in [1.29, 1.82) is 0 Å². The molecule has 1 aromatic rings. The van der Waals surface area contributed by atoms with Crippen molar-refractivity contribution in [2.75, 3.05) is 0 Å². The third kappa shape index (κ3) is 1.66. The summed E-state index contributed by atoms with van der Waals surface area (Å²) in [5, 5.41) is 0. The molecule has 1 fully saturated rings. The highest BCUT2D eigenvalue weighted by Crippen LogP contribution is 2.43. The Kier molecular flexibility index (Phi) is 2.28. The van der Waals surface area contributed by atoms with Gasteiger partial charge in [-0.25, -0.2) is 0 Å². The standard InChI is InChI=1S/C14H15NO2/c1-9(16)8-13-11-4-2-3-5-12(11)14(17)15(13)10-6-7-10/h2-5,10,13H,6-8H2,1H3. The van der Waals surface area contributed by atoms with Crippen LogP contribution in [0.25, 0.3) is 0 Å². The van der Waals surface area contributed by atoms with Crippen molar-refractivity contribution >= 4 is 11.7 Å². The lowest BCUT2D eigenvalue weighted by Gasteiger charge is -2.24. The summed E-state index contributed by atoms with van der Waals surface area (Å²) in [6, 6.07) is 8.01. The Labute approximate surface area is 100 Å². The molecule has 0 radical (unpaired) electrons. The van der Waals surface area contributed by atoms with Crippen molar-refractivity contribution in [1.82, 2.24) is 4.90 Å². The number of carbonyl (C=O) groups is 2. The molecule has 88 valence electrons. The summed E-state index contributed by atoms with van der Waals surface area (Å²) in [5.41, 5.74) is 1.81. The minimum absolute atomic E-state index is 0.0244. The molecule has 0 N–H and O–H groups in total. The van der Waals surface area contributed by atoms with Crippen molar-refractivity contribution in [3.63, 3.8) is 0 Å². The molecule has 2 aliphatic rings. The number of carbonyl (C=O) groups excluding carboxylic acids is 2. The summed E-state index contributed by atoms with van der Waals surface area (Å²) >= 11 is 0. The average molecular weight is 229 g/mol. The molecule has 0 aromatic heterocycles. The fourth-order valence-electron chi connectivity index (χ4n) is 2.67. The van der Waals surface area contributed by atoms with E-state index < -0.39 is 0 Å². The van der Waals surface area contributed by atoms with Crippen LogP contribution >= 0.6 is 0 Å². The van der Waals surface area contributed by atoms with E-state index in [4.69, 9.17) is 0 Å². The highest BCUT2D eigenvalue weighted by atomic mass is 16.2. The molecule has 3 heteroatoms. The summed E-state index contributed by atoms with van der Waals surface area (Å²) in [6.45, 7) is 1.59. The maximum atomic E-state index is 12.3. The summed E-state index contributed by atoms with van der Waals surface area (Å²) in [6.07, 6.45) is 2.60. The number of fused-ring (bicyclic) bond motifs is 1. The summed E-state index contributed by atoms with van der Waals surface area (Å²) in [7, 11) is 0. The predicted octanol–water partition coefficient (Wildman–Crippen LogP) is 2.33. The van der Waals surface area contributed by atoms with Crippen molar-refractivity contribution in [3.8, 4) is 0 Å². The number of hydrogen-bond donors (Lipinski definition) is 0. The van der Waals surface area contributed by atoms with Gasteiger partial charge in [-0.3, -0.25) is 9.59 Å². The van der Waals surface area contributed by atoms with Gasteiger partial charge in [0.05, 0.1) is 6.04 Å². The van der Waals surface area contributed by atoms with Crippen molar-refractivity contribution < 1.29 is 9.59 Å². The van der Waals surface area contributed by atoms with Crippen LogP contribution in [0.1, 0.15) is 48.1 Å². The number of hydrogen-bond acceptors (Lipinski definition) is 2. The lowest BCUT2D eigenvalue weighted by atomic mass is 10.0. The molecule has 1 amide bonds. The number of benzene rings is 1. The highest BCUT2D eigenvalue weighted by Gasteiger charge is 2.44. The number of rotatable bonds is 3. The maximum absolute atomic E-state index is 12.3. The lowest BCUT2D eigenvalue weighted by Crippen LogP contribution is -2.31. The fourth-order valence-corrected chi connectivity index (χ4v) is 2.67. The van der Waals surface area contributed by atoms with Crippen molar-refractivity contribution in [2.24, 2.45) is 0 Å². The van der Waals surface area contributed by atoms with Gasteiger partial charge in [0.1, 0.15) is 5.78 Å². The van der Waals surface area contributed by atoms with Crippen LogP contribution in [0, 0.1) is 0 Å². The minimum Gasteiger partial charge on any atom is -0.328 e. The molecule has 3 nitrogen and oxygen atoms in total. The molecule has 3 rings (SSSR count). The van der Waals surface area contributed by atoms with E-state index in [-0.39, 0.29) is 17.7 Å². The monoisotopic (exact) mass is 229 g/mol. The molecule has 1 aliphatic carbocycles. The topological polar surface area (TPSA) is 37.4 Å². The lowest BCUT2D eigenvalue weighted by molar-refractivity contribution is -0.118. The molecular formula is C14H15NO2. The molecule has 0 saturated heterocycles. The number of Topliss-reactive ketones (excluding diaryl/α,β-unsaturated/α-hetero) is 1. The van der Waals surface area contributed by atoms with Crippen LogP contribution in [-0.2, 0) is 4.79 Å². The Hall–Kier alpha value is -1.64. The fraction of sp³-hybridized carbons (Fsp3) is 0.429. The second-order valence-corrected chi connectivity index (χ2v) is 4.95. The third-order valence-corrected chi connectivity index (χ3v) is 3.54. The molecule has 1 saturated carbocycles. The van der Waals surface area contributed by atoms with Gasteiger partial charge in [0, 0.05) is 18.0 Å². The van der Waals surface area contributed by atoms with Gasteiger partial charge in [-0.2, -0.15) is 0 Å². The van der Waals surface area contributed by atoms with Gasteiger partial charge in [-0.05, 0) is 31.4 Å². The smallest absolute Gasteiger partial charge is 0.254 e. The first-order chi connectivity index (χ1) is 8.18. The maximum Gasteiger partial charge on any atom is 0.254 e. The first-order valence-corrected chi connectivity index (χ1v) is 6.09. The van der Waals surface area contributed by atoms with E-state index in [1.165, 1.54) is 0 Å². The van der Waals surface area contributed by atoms with Crippen molar-refractivity contribution in [3.05, 3.63) is 35.4 Å². The van der Waals surface area contributed by atoms with Crippen molar-refractivity contribution in [2.45, 2.75) is 38.3 Å². The van der Waals surface area contributed by atoms with Crippen LogP contribution in [-0.4, -0.2) is 22.6 Å². The normalized spacial score (nSPS) is 22.8. The van der Waals surface area contributed by atoms with E-state index in [0.29, 0.717) is 12.5 Å². The molecule has 0 spiro atoms. The largest absolute Gasteiger partial charge is 0.328 e. The Balaban J connectivity index is 2.02. The van der Waals surface area contributed by atoms with Crippen LogP contribution in [0.3, 0.4) is 0 Å². The zero-order valence-electron chi connectivity index (χ0n) is 9.85. The molecule has 0 bridgehead atoms. The van der Waals surface area contributed by atoms with Gasteiger partial charge in [0.15, 0.2) is 0 Å². The summed E-state index contributed by atoms with van der Waals surface area (Å²) < 4.78 is 0. The van der Waals surface area contributed by atoms with E-state index in [1.54, 1.807) is 6.92 Å². The Morgan fingerprint density at radius 1 is 1.35 bits per heavy atom. The third-order valence-electron chi connectivity index (χ3n) is 3.54. The molecule has 1 unspecified atom stereocenters. The quantitative estimate of drug-likeness (QED) is 0.797. The van der Waals surface area contributed by atoms with Gasteiger partial charge in [0.2, 0.25) is 0 Å². The molecule has 1 heterocycles. The van der Waals surface area contributed by atoms with E-state index in [0.717, 1.165) is 24.0 Å². The van der Waals surface area contributed by atoms with Crippen LogP contribution in [0.2, 0.25) is 0 Å². The molecule has 17 heavy (non-hydrogen) atoms. The Bertz CT molecular complexity index is 491. The van der Waals surface area contributed by atoms with E-state index in [9.17, 15) is 9.59 Å². The molecule has 1 aliphatic heterocycles. The second-order valence-electron chi connectivity index (χ2n) is 4.95. The van der Waals surface area contributed by atoms with E-state index in [2.05, 4.69) is 0 Å². The minimum atomic E-state index is -0.0244. The van der Waals surface area contributed by atoms with E-state index in [1.807, 2.05) is 29.2 Å². The van der Waals surface area contributed by atoms with E-state index >= 15 is 0 Å². The van der Waals surface area contributed by atoms with Gasteiger partial charge in [0.25, 0.3) is 5.91 Å². The Morgan fingerprint density at radius 2 is 2.06 bits per heavy atom. The first kappa shape index (κ1) is 10.5. The summed E-state index contributed by atoms with van der Waals surface area (Å²) in [5.74, 6) is 0.250. The van der Waals surface area contributed by atoms with Crippen LogP contribution < -0.4 is 0 Å². The van der Waals surface area contributed by atoms with Gasteiger partial charge in [-0.15, -0.1) is 0 Å². The SMILES string of the molecule is CC(=O)CC1c2ccccc2C(=O)N1C1CC1. The second kappa shape index (κ2) is 3.69. The van der Waals surface area contributed by atoms with Gasteiger partial charge >= 0.3 is 0 Å². The average Bonchev–Trinajstić information content (AvgIpc) is 3.08. The van der Waals surface area contributed by atoms with Gasteiger partial charge < -0.3 is 4.90 Å².